The molecule has 0 radical (unpaired) electrons. The third kappa shape index (κ3) is 2.17. The summed E-state index contributed by atoms with van der Waals surface area (Å²) in [5.74, 6) is 0. The summed E-state index contributed by atoms with van der Waals surface area (Å²) in [5.41, 5.74) is 0.183. The molecule has 1 aliphatic carbocycles. The van der Waals surface area contributed by atoms with Gasteiger partial charge >= 0.3 is 0 Å². The zero-order chi connectivity index (χ0) is 8.32. The highest BCUT2D eigenvalue weighted by Crippen LogP contribution is 2.35. The van der Waals surface area contributed by atoms with E-state index in [1.165, 1.54) is 19.3 Å². The van der Waals surface area contributed by atoms with Crippen molar-refractivity contribution in [3.8, 4) is 0 Å². The summed E-state index contributed by atoms with van der Waals surface area (Å²) in [6, 6.07) is 0. The monoisotopic (exact) mass is 157 g/mol. The summed E-state index contributed by atoms with van der Waals surface area (Å²) >= 11 is 0. The highest BCUT2D eigenvalue weighted by Gasteiger charge is 2.37. The van der Waals surface area contributed by atoms with Crippen molar-refractivity contribution in [2.45, 2.75) is 44.8 Å². The molecule has 0 aromatic rings. The van der Waals surface area contributed by atoms with Crippen molar-refractivity contribution in [3.05, 3.63) is 0 Å². The van der Waals surface area contributed by atoms with E-state index in [1.54, 1.807) is 0 Å². The Kier molecular flexibility index (Phi) is 2.90. The zero-order valence-corrected chi connectivity index (χ0v) is 7.81. The molecule has 1 saturated carbocycles. The molecule has 0 atom stereocenters. The van der Waals surface area contributed by atoms with Gasteiger partial charge in [-0.3, -0.25) is 0 Å². The van der Waals surface area contributed by atoms with Gasteiger partial charge in [0.1, 0.15) is 0 Å². The minimum atomic E-state index is 0.183. The zero-order valence-electron chi connectivity index (χ0n) is 7.81. The lowest BCUT2D eigenvalue weighted by molar-refractivity contribution is -0.124. The normalized spacial score (nSPS) is 21.8. The number of hydrogen-bond donors (Lipinski definition) is 1. The molecule has 0 unspecified atom stereocenters. The summed E-state index contributed by atoms with van der Waals surface area (Å²) in [4.78, 5) is 0. The minimum absolute atomic E-state index is 0.183. The Bertz CT molecular complexity index is 119. The quantitative estimate of drug-likeness (QED) is 0.668. The van der Waals surface area contributed by atoms with E-state index in [0.29, 0.717) is 6.10 Å². The van der Waals surface area contributed by atoms with Gasteiger partial charge in [0.25, 0.3) is 0 Å². The van der Waals surface area contributed by atoms with Gasteiger partial charge in [-0.15, -0.1) is 0 Å². The fourth-order valence-corrected chi connectivity index (χ4v) is 1.73. The molecule has 2 nitrogen and oxygen atoms in total. The highest BCUT2D eigenvalue weighted by molar-refractivity contribution is 4.91. The molecule has 1 N–H and O–H groups in total. The molecular formula is C9H19NO. The number of hydrogen-bond acceptors (Lipinski definition) is 2. The largest absolute Gasteiger partial charge is 0.371 e. The first-order valence-corrected chi connectivity index (χ1v) is 4.51. The molecule has 0 aromatic heterocycles. The van der Waals surface area contributed by atoms with Crippen LogP contribution in [0.1, 0.15) is 33.1 Å². The van der Waals surface area contributed by atoms with Gasteiger partial charge in [-0.2, -0.15) is 0 Å². The number of likely N-dealkylation sites (N-methyl/N-ethyl adjacent to an activating group) is 1. The molecule has 0 amide bonds. The van der Waals surface area contributed by atoms with E-state index in [1.807, 2.05) is 7.05 Å². The molecule has 0 bridgehead atoms. The van der Waals surface area contributed by atoms with Crippen LogP contribution >= 0.6 is 0 Å². The first-order chi connectivity index (χ1) is 5.18. The highest BCUT2D eigenvalue weighted by atomic mass is 16.5. The smallest absolute Gasteiger partial charge is 0.0809 e. The number of rotatable bonds is 4. The van der Waals surface area contributed by atoms with E-state index >= 15 is 0 Å². The lowest BCUT2D eigenvalue weighted by Crippen LogP contribution is -2.49. The fraction of sp³-hybridized carbons (Fsp3) is 1.00. The van der Waals surface area contributed by atoms with E-state index in [2.05, 4.69) is 19.2 Å². The van der Waals surface area contributed by atoms with Gasteiger partial charge in [-0.25, -0.2) is 0 Å². The second-order valence-electron chi connectivity index (χ2n) is 3.73. The van der Waals surface area contributed by atoms with Gasteiger partial charge in [0.05, 0.1) is 11.7 Å². The van der Waals surface area contributed by atoms with Gasteiger partial charge in [-0.1, -0.05) is 0 Å². The molecule has 66 valence electrons. The Morgan fingerprint density at radius 2 is 2.09 bits per heavy atom. The Morgan fingerprint density at radius 3 is 2.36 bits per heavy atom. The fourth-order valence-electron chi connectivity index (χ4n) is 1.73. The summed E-state index contributed by atoms with van der Waals surface area (Å²) in [7, 11) is 1.99. The predicted molar refractivity (Wildman–Crippen MR) is 46.7 cm³/mol. The van der Waals surface area contributed by atoms with Gasteiger partial charge in [0.15, 0.2) is 0 Å². The van der Waals surface area contributed by atoms with Crippen LogP contribution in [0.25, 0.3) is 0 Å². The van der Waals surface area contributed by atoms with Crippen molar-refractivity contribution in [2.24, 2.45) is 0 Å². The van der Waals surface area contributed by atoms with Crippen molar-refractivity contribution >= 4 is 0 Å². The van der Waals surface area contributed by atoms with Gasteiger partial charge in [0.2, 0.25) is 0 Å². The summed E-state index contributed by atoms with van der Waals surface area (Å²) in [6.45, 7) is 5.22. The second kappa shape index (κ2) is 3.55. The first-order valence-electron chi connectivity index (χ1n) is 4.51. The molecule has 11 heavy (non-hydrogen) atoms. The Labute approximate surface area is 69.3 Å². The lowest BCUT2D eigenvalue weighted by Gasteiger charge is -2.43. The SMILES string of the molecule is CNCC1(OC(C)C)CCC1. The summed E-state index contributed by atoms with van der Waals surface area (Å²) < 4.78 is 5.85. The topological polar surface area (TPSA) is 21.3 Å². The van der Waals surface area contributed by atoms with Crippen LogP contribution in [-0.4, -0.2) is 25.3 Å². The maximum absolute atomic E-state index is 5.85. The average molecular weight is 157 g/mol. The third-order valence-corrected chi connectivity index (χ3v) is 2.25. The van der Waals surface area contributed by atoms with E-state index in [-0.39, 0.29) is 5.60 Å². The molecule has 1 fully saturated rings. The second-order valence-corrected chi connectivity index (χ2v) is 3.73. The molecule has 0 heterocycles. The van der Waals surface area contributed by atoms with Crippen LogP contribution in [0.2, 0.25) is 0 Å². The molecule has 1 aliphatic rings. The maximum atomic E-state index is 5.85. The van der Waals surface area contributed by atoms with Gasteiger partial charge in [-0.05, 0) is 40.2 Å². The minimum Gasteiger partial charge on any atom is -0.371 e. The van der Waals surface area contributed by atoms with Crippen LogP contribution in [-0.2, 0) is 4.74 Å². The standard InChI is InChI=1S/C9H19NO/c1-8(2)11-9(7-10-3)5-4-6-9/h8,10H,4-7H2,1-3H3. The molecule has 1 rings (SSSR count). The Balaban J connectivity index is 2.33. The van der Waals surface area contributed by atoms with Crippen molar-refractivity contribution < 1.29 is 4.74 Å². The predicted octanol–water partition coefficient (Wildman–Crippen LogP) is 1.55. The van der Waals surface area contributed by atoms with Crippen LogP contribution in [0.5, 0.6) is 0 Å². The van der Waals surface area contributed by atoms with Gasteiger partial charge < -0.3 is 10.1 Å². The van der Waals surface area contributed by atoms with Crippen LogP contribution in [0, 0.1) is 0 Å². The van der Waals surface area contributed by atoms with Crippen LogP contribution in [0.15, 0.2) is 0 Å². The van der Waals surface area contributed by atoms with E-state index in [0.717, 1.165) is 6.54 Å². The summed E-state index contributed by atoms with van der Waals surface area (Å²) in [6.07, 6.45) is 4.15. The van der Waals surface area contributed by atoms with Crippen molar-refractivity contribution in [3.63, 3.8) is 0 Å². The Morgan fingerprint density at radius 1 is 1.45 bits per heavy atom. The first kappa shape index (κ1) is 9.01. The van der Waals surface area contributed by atoms with Crippen LogP contribution in [0.4, 0.5) is 0 Å². The van der Waals surface area contributed by atoms with Crippen LogP contribution in [0.3, 0.4) is 0 Å². The third-order valence-electron chi connectivity index (χ3n) is 2.25. The average Bonchev–Trinajstić information content (AvgIpc) is 1.82. The maximum Gasteiger partial charge on any atom is 0.0809 e. The van der Waals surface area contributed by atoms with Gasteiger partial charge in [0, 0.05) is 6.54 Å². The molecule has 0 saturated heterocycles. The number of ether oxygens (including phenoxy) is 1. The van der Waals surface area contributed by atoms with Crippen LogP contribution < -0.4 is 5.32 Å². The molecular weight excluding hydrogens is 138 g/mol. The Hall–Kier alpha value is -0.0800. The molecule has 0 spiro atoms. The molecule has 0 aromatic carbocycles. The van der Waals surface area contributed by atoms with Crippen molar-refractivity contribution in [1.82, 2.24) is 5.32 Å². The lowest BCUT2D eigenvalue weighted by atomic mass is 9.80. The van der Waals surface area contributed by atoms with E-state index in [9.17, 15) is 0 Å². The summed E-state index contributed by atoms with van der Waals surface area (Å²) in [5, 5.41) is 3.19. The van der Waals surface area contributed by atoms with Crippen molar-refractivity contribution in [2.75, 3.05) is 13.6 Å². The van der Waals surface area contributed by atoms with Crippen molar-refractivity contribution in [1.29, 1.82) is 0 Å². The van der Waals surface area contributed by atoms with E-state index in [4.69, 9.17) is 4.74 Å². The number of nitrogens with one attached hydrogen (secondary N) is 1. The molecule has 0 aliphatic heterocycles. The molecule has 2 heteroatoms. The van der Waals surface area contributed by atoms with E-state index < -0.39 is 0 Å².